The molecule has 27 heavy (non-hydrogen) atoms. The number of para-hydroxylation sites is 1. The minimum Gasteiger partial charge on any atom is -0.508 e. The molecule has 6 heteroatoms. The minimum atomic E-state index is -0.698. The molecule has 0 fully saturated rings. The number of phenolic OH excluding ortho intramolecular Hbond substituents is 1. The lowest BCUT2D eigenvalue weighted by atomic mass is 10.1. The summed E-state index contributed by atoms with van der Waals surface area (Å²) < 4.78 is 26.9. The van der Waals surface area contributed by atoms with E-state index in [1.807, 2.05) is 24.3 Å². The van der Waals surface area contributed by atoms with Gasteiger partial charge in [0.2, 0.25) is 0 Å². The first-order chi connectivity index (χ1) is 13.0. The van der Waals surface area contributed by atoms with E-state index < -0.39 is 11.6 Å². The van der Waals surface area contributed by atoms with Gasteiger partial charge in [-0.25, -0.2) is 8.78 Å². The average Bonchev–Trinajstić information content (AvgIpc) is 2.63. The number of nitrogens with zero attached hydrogens (tertiary/aromatic N) is 2. The normalized spacial score (nSPS) is 11.5. The Morgan fingerprint density at radius 2 is 1.59 bits per heavy atom. The van der Waals surface area contributed by atoms with Gasteiger partial charge in [-0.05, 0) is 49.4 Å². The zero-order valence-corrected chi connectivity index (χ0v) is 14.6. The van der Waals surface area contributed by atoms with Crippen molar-refractivity contribution in [2.75, 3.05) is 11.6 Å². The molecule has 0 aliphatic heterocycles. The van der Waals surface area contributed by atoms with E-state index in [1.54, 1.807) is 24.0 Å². The minimum absolute atomic E-state index is 0.121. The molecule has 2 N–H and O–H groups in total. The van der Waals surface area contributed by atoms with Crippen LogP contribution in [0.5, 0.6) is 5.75 Å². The summed E-state index contributed by atoms with van der Waals surface area (Å²) in [7, 11) is 0. The van der Waals surface area contributed by atoms with E-state index in [0.717, 1.165) is 18.2 Å². The summed E-state index contributed by atoms with van der Waals surface area (Å²) in [5.41, 5.74) is 2.74. The molecule has 0 saturated heterocycles. The molecule has 3 aromatic rings. The third-order valence-corrected chi connectivity index (χ3v) is 4.03. The summed E-state index contributed by atoms with van der Waals surface area (Å²) in [6.07, 6.45) is 0. The fourth-order valence-corrected chi connectivity index (χ4v) is 2.80. The summed E-state index contributed by atoms with van der Waals surface area (Å²) in [5.74, 6) is -1.28. The van der Waals surface area contributed by atoms with E-state index >= 15 is 0 Å². The van der Waals surface area contributed by atoms with Crippen LogP contribution in [0.2, 0.25) is 0 Å². The van der Waals surface area contributed by atoms with E-state index in [4.69, 9.17) is 0 Å². The summed E-state index contributed by atoms with van der Waals surface area (Å²) in [6, 6.07) is 16.8. The number of anilines is 2. The Morgan fingerprint density at radius 1 is 0.963 bits per heavy atom. The molecule has 0 heterocycles. The summed E-state index contributed by atoms with van der Waals surface area (Å²) >= 11 is 0. The van der Waals surface area contributed by atoms with Crippen LogP contribution in [0.3, 0.4) is 0 Å². The molecular weight excluding hydrogens is 350 g/mol. The Labute approximate surface area is 155 Å². The Morgan fingerprint density at radius 3 is 2.22 bits per heavy atom. The van der Waals surface area contributed by atoms with E-state index in [-0.39, 0.29) is 18.2 Å². The highest BCUT2D eigenvalue weighted by Gasteiger charge is 2.14. The van der Waals surface area contributed by atoms with Crippen LogP contribution in [0.15, 0.2) is 71.7 Å². The van der Waals surface area contributed by atoms with Crippen molar-refractivity contribution in [1.29, 1.82) is 0 Å². The number of hydrogen-bond donors (Lipinski definition) is 2. The monoisotopic (exact) mass is 368 g/mol. The molecule has 0 aliphatic rings. The molecule has 3 aromatic carbocycles. The van der Waals surface area contributed by atoms with Crippen LogP contribution in [0.1, 0.15) is 12.5 Å². The number of benzene rings is 3. The molecule has 4 nitrogen and oxygen atoms in total. The first-order valence-electron chi connectivity index (χ1n) is 8.26. The smallest absolute Gasteiger partial charge is 0.128 e. The van der Waals surface area contributed by atoms with Crippen LogP contribution >= 0.6 is 0 Å². The van der Waals surface area contributed by atoms with Gasteiger partial charge in [-0.1, -0.05) is 18.2 Å². The molecule has 0 aliphatic carbocycles. The first-order valence-corrected chi connectivity index (χ1v) is 8.26. The topological polar surface area (TPSA) is 56.1 Å². The van der Waals surface area contributed by atoms with Gasteiger partial charge in [0.1, 0.15) is 24.1 Å². The fraction of sp³-hybridized carbons (Fsp3) is 0.0952. The number of halogens is 2. The highest BCUT2D eigenvalue weighted by Crippen LogP contribution is 2.30. The predicted octanol–water partition coefficient (Wildman–Crippen LogP) is 4.90. The summed E-state index contributed by atoms with van der Waals surface area (Å²) in [4.78, 5) is 5.96. The molecule has 3 rings (SSSR count). The highest BCUT2D eigenvalue weighted by molar-refractivity contribution is 6.05. The number of aliphatic hydroxyl groups is 1. The third kappa shape index (κ3) is 4.30. The molecule has 138 valence electrons. The van der Waals surface area contributed by atoms with Crippen LogP contribution in [-0.4, -0.2) is 22.7 Å². The SMILES string of the molecule is CC(=Nc1cc(F)cc(F)c1)c1ccccc1N(CO)c1ccc(O)cc1. The zero-order chi connectivity index (χ0) is 19.4. The van der Waals surface area contributed by atoms with Gasteiger partial charge in [-0.15, -0.1) is 0 Å². The highest BCUT2D eigenvalue weighted by atomic mass is 19.1. The van der Waals surface area contributed by atoms with Crippen LogP contribution in [0, 0.1) is 11.6 Å². The van der Waals surface area contributed by atoms with Crippen molar-refractivity contribution in [3.05, 3.63) is 83.9 Å². The molecule has 0 aromatic heterocycles. The van der Waals surface area contributed by atoms with Gasteiger partial charge in [-0.3, -0.25) is 4.99 Å². The molecule has 0 bridgehead atoms. The quantitative estimate of drug-likeness (QED) is 0.498. The van der Waals surface area contributed by atoms with Crippen molar-refractivity contribution in [1.82, 2.24) is 0 Å². The number of aliphatic hydroxyl groups excluding tert-OH is 1. The van der Waals surface area contributed by atoms with Crippen molar-refractivity contribution in [2.45, 2.75) is 6.92 Å². The lowest BCUT2D eigenvalue weighted by Gasteiger charge is -2.25. The molecule has 0 saturated carbocycles. The summed E-state index contributed by atoms with van der Waals surface area (Å²) in [6.45, 7) is 1.43. The number of rotatable bonds is 5. The largest absolute Gasteiger partial charge is 0.508 e. The van der Waals surface area contributed by atoms with Crippen LogP contribution in [-0.2, 0) is 0 Å². The van der Waals surface area contributed by atoms with E-state index in [0.29, 0.717) is 22.6 Å². The average molecular weight is 368 g/mol. The Bertz CT molecular complexity index is 952. The molecule has 0 spiro atoms. The van der Waals surface area contributed by atoms with Gasteiger partial charge >= 0.3 is 0 Å². The fourth-order valence-electron chi connectivity index (χ4n) is 2.80. The molecule has 0 unspecified atom stereocenters. The van der Waals surface area contributed by atoms with E-state index in [1.165, 1.54) is 12.1 Å². The second kappa shape index (κ2) is 7.97. The van der Waals surface area contributed by atoms with Crippen molar-refractivity contribution < 1.29 is 19.0 Å². The van der Waals surface area contributed by atoms with Gasteiger partial charge in [0, 0.05) is 23.0 Å². The Kier molecular flexibility index (Phi) is 5.47. The van der Waals surface area contributed by atoms with Crippen molar-refractivity contribution in [3.63, 3.8) is 0 Å². The number of aromatic hydroxyl groups is 1. The van der Waals surface area contributed by atoms with Crippen molar-refractivity contribution >= 4 is 22.8 Å². The van der Waals surface area contributed by atoms with E-state index in [2.05, 4.69) is 4.99 Å². The molecule has 0 atom stereocenters. The lowest BCUT2D eigenvalue weighted by Crippen LogP contribution is -2.20. The third-order valence-electron chi connectivity index (χ3n) is 4.03. The van der Waals surface area contributed by atoms with Crippen molar-refractivity contribution in [3.8, 4) is 5.75 Å². The molecule has 0 amide bonds. The van der Waals surface area contributed by atoms with Gasteiger partial charge in [0.15, 0.2) is 0 Å². The van der Waals surface area contributed by atoms with Gasteiger partial charge in [0.05, 0.1) is 11.4 Å². The van der Waals surface area contributed by atoms with Gasteiger partial charge in [-0.2, -0.15) is 0 Å². The Balaban J connectivity index is 2.04. The number of hydrogen-bond acceptors (Lipinski definition) is 4. The van der Waals surface area contributed by atoms with E-state index in [9.17, 15) is 19.0 Å². The number of aliphatic imine (C=N–C) groups is 1. The maximum absolute atomic E-state index is 13.4. The van der Waals surface area contributed by atoms with Crippen LogP contribution < -0.4 is 4.90 Å². The second-order valence-electron chi connectivity index (χ2n) is 5.93. The lowest BCUT2D eigenvalue weighted by molar-refractivity contribution is 0.304. The van der Waals surface area contributed by atoms with Crippen LogP contribution in [0.25, 0.3) is 0 Å². The molecule has 0 radical (unpaired) electrons. The predicted molar refractivity (Wildman–Crippen MR) is 102 cm³/mol. The molecular formula is C21H18F2N2O2. The zero-order valence-electron chi connectivity index (χ0n) is 14.6. The maximum atomic E-state index is 13.4. The second-order valence-corrected chi connectivity index (χ2v) is 5.93. The first kappa shape index (κ1) is 18.5. The summed E-state index contributed by atoms with van der Waals surface area (Å²) in [5, 5.41) is 19.4. The standard InChI is InChI=1S/C21H18F2N2O2/c1-14(24-17-11-15(22)10-16(23)12-17)20-4-2-3-5-21(20)25(13-26)18-6-8-19(27)9-7-18/h2-12,26-27H,13H2,1H3. The van der Waals surface area contributed by atoms with Gasteiger partial charge in [0.25, 0.3) is 0 Å². The number of phenols is 1. The van der Waals surface area contributed by atoms with Crippen LogP contribution in [0.4, 0.5) is 25.8 Å². The Hall–Kier alpha value is -3.25. The van der Waals surface area contributed by atoms with Crippen molar-refractivity contribution in [2.24, 2.45) is 4.99 Å². The van der Waals surface area contributed by atoms with Gasteiger partial charge < -0.3 is 15.1 Å². The maximum Gasteiger partial charge on any atom is 0.128 e.